The molecular weight excluding hydrogens is 326 g/mol. The number of nitrogens with zero attached hydrogens (tertiary/aromatic N) is 1. The molecule has 1 aromatic carbocycles. The molecular formula is C18H22ClN3O2. The van der Waals surface area contributed by atoms with Crippen molar-refractivity contribution in [3.05, 3.63) is 64.6 Å². The van der Waals surface area contributed by atoms with Crippen molar-refractivity contribution in [3.63, 3.8) is 0 Å². The Kier molecular flexibility index (Phi) is 6.61. The number of pyridine rings is 1. The fourth-order valence-electron chi connectivity index (χ4n) is 2.40. The van der Waals surface area contributed by atoms with Crippen LogP contribution in [0.3, 0.4) is 0 Å². The Morgan fingerprint density at radius 1 is 1.12 bits per heavy atom. The predicted octanol–water partition coefficient (Wildman–Crippen LogP) is 3.43. The molecule has 5 nitrogen and oxygen atoms in total. The van der Waals surface area contributed by atoms with Crippen LogP contribution in [0, 0.1) is 0 Å². The van der Waals surface area contributed by atoms with Gasteiger partial charge in [0.05, 0.1) is 17.6 Å². The molecule has 0 saturated heterocycles. The van der Waals surface area contributed by atoms with Gasteiger partial charge in [-0.1, -0.05) is 29.8 Å². The number of benzene rings is 1. The Balaban J connectivity index is 2.69. The third-order valence-electron chi connectivity index (χ3n) is 3.44. The third kappa shape index (κ3) is 4.06. The minimum Gasteiger partial charge on any atom is -0.397 e. The maximum atomic E-state index is 6.43. The number of hydrogen-bond acceptors (Lipinski definition) is 5. The number of rotatable bonds is 7. The molecule has 2 aromatic rings. The first-order valence-corrected chi connectivity index (χ1v) is 8.15. The Morgan fingerprint density at radius 3 is 2.38 bits per heavy atom. The van der Waals surface area contributed by atoms with Crippen LogP contribution in [-0.4, -0.2) is 24.5 Å². The highest BCUT2D eigenvalue weighted by Gasteiger charge is 2.22. The zero-order valence-electron chi connectivity index (χ0n) is 13.8. The third-order valence-corrected chi connectivity index (χ3v) is 3.77. The lowest BCUT2D eigenvalue weighted by atomic mass is 9.95. The number of anilines is 1. The predicted molar refractivity (Wildman–Crippen MR) is 97.4 cm³/mol. The molecule has 1 aromatic heterocycles. The Hall–Kier alpha value is -2.08. The molecule has 0 aliphatic rings. The van der Waals surface area contributed by atoms with Gasteiger partial charge in [0.1, 0.15) is 0 Å². The normalized spacial score (nSPS) is 12.3. The number of hydrogen-bond donors (Lipinski definition) is 2. The van der Waals surface area contributed by atoms with E-state index in [2.05, 4.69) is 4.98 Å². The molecule has 0 fully saturated rings. The minimum absolute atomic E-state index is 0.421. The van der Waals surface area contributed by atoms with E-state index in [1.54, 1.807) is 24.5 Å². The summed E-state index contributed by atoms with van der Waals surface area (Å²) in [6, 6.07) is 9.24. The van der Waals surface area contributed by atoms with E-state index in [9.17, 15) is 0 Å². The summed E-state index contributed by atoms with van der Waals surface area (Å²) < 4.78 is 11.3. The van der Waals surface area contributed by atoms with Gasteiger partial charge in [-0.05, 0) is 26.0 Å². The van der Waals surface area contributed by atoms with Gasteiger partial charge in [-0.15, -0.1) is 0 Å². The molecule has 1 heterocycles. The maximum absolute atomic E-state index is 6.43. The second-order valence-corrected chi connectivity index (χ2v) is 5.42. The molecule has 0 aliphatic heterocycles. The molecule has 6 heteroatoms. The van der Waals surface area contributed by atoms with Crippen molar-refractivity contribution in [1.29, 1.82) is 0 Å². The van der Waals surface area contributed by atoms with E-state index in [1.165, 1.54) is 0 Å². The standard InChI is InChI=1S/C18H22ClN3O2/c1-3-23-18(24-4-2)17(21)16(12-7-5-6-8-14(12)19)13-9-10-22-11-15(13)20/h5-11,18H,3-4,20-21H2,1-2H3. The molecule has 0 aliphatic carbocycles. The lowest BCUT2D eigenvalue weighted by molar-refractivity contribution is -0.111. The second-order valence-electron chi connectivity index (χ2n) is 5.02. The Morgan fingerprint density at radius 2 is 1.79 bits per heavy atom. The summed E-state index contributed by atoms with van der Waals surface area (Å²) in [6.45, 7) is 4.70. The van der Waals surface area contributed by atoms with Crippen LogP contribution in [0.4, 0.5) is 5.69 Å². The van der Waals surface area contributed by atoms with Crippen LogP contribution in [0.15, 0.2) is 48.4 Å². The molecule has 0 saturated carbocycles. The number of ether oxygens (including phenoxy) is 2. The van der Waals surface area contributed by atoms with Crippen molar-refractivity contribution in [2.24, 2.45) is 5.73 Å². The van der Waals surface area contributed by atoms with Crippen molar-refractivity contribution >= 4 is 22.9 Å². The zero-order chi connectivity index (χ0) is 17.5. The number of aromatic nitrogens is 1. The number of nitrogen functional groups attached to an aromatic ring is 1. The monoisotopic (exact) mass is 347 g/mol. The SMILES string of the molecule is CCOC(OCC)C(N)=C(c1ccncc1N)c1ccccc1Cl. The van der Waals surface area contributed by atoms with Crippen LogP contribution >= 0.6 is 11.6 Å². The first-order valence-electron chi connectivity index (χ1n) is 7.77. The molecule has 0 unspecified atom stereocenters. The van der Waals surface area contributed by atoms with Crippen molar-refractivity contribution in [2.45, 2.75) is 20.1 Å². The lowest BCUT2D eigenvalue weighted by Gasteiger charge is -2.22. The van der Waals surface area contributed by atoms with E-state index in [1.807, 2.05) is 32.0 Å². The van der Waals surface area contributed by atoms with Gasteiger partial charge in [-0.25, -0.2) is 0 Å². The molecule has 2 rings (SSSR count). The van der Waals surface area contributed by atoms with Crippen LogP contribution in [0.25, 0.3) is 5.57 Å². The molecule has 0 bridgehead atoms. The van der Waals surface area contributed by atoms with E-state index in [4.69, 9.17) is 32.5 Å². The average Bonchev–Trinajstić information content (AvgIpc) is 2.58. The summed E-state index contributed by atoms with van der Waals surface area (Å²) in [5.74, 6) is 0. The van der Waals surface area contributed by atoms with Gasteiger partial charge in [0, 0.05) is 41.1 Å². The molecule has 128 valence electrons. The fraction of sp³-hybridized carbons (Fsp3) is 0.278. The second kappa shape index (κ2) is 8.68. The van der Waals surface area contributed by atoms with Gasteiger partial charge in [-0.2, -0.15) is 0 Å². The van der Waals surface area contributed by atoms with Gasteiger partial charge >= 0.3 is 0 Å². The van der Waals surface area contributed by atoms with Crippen molar-refractivity contribution in [2.75, 3.05) is 18.9 Å². The van der Waals surface area contributed by atoms with E-state index < -0.39 is 6.29 Å². The topological polar surface area (TPSA) is 83.4 Å². The van der Waals surface area contributed by atoms with E-state index >= 15 is 0 Å². The van der Waals surface area contributed by atoms with Gasteiger partial charge in [-0.3, -0.25) is 4.98 Å². The van der Waals surface area contributed by atoms with Crippen molar-refractivity contribution in [3.8, 4) is 0 Å². The Bertz CT molecular complexity index is 665. The van der Waals surface area contributed by atoms with E-state index in [0.717, 1.165) is 11.1 Å². The van der Waals surface area contributed by atoms with Crippen LogP contribution in [-0.2, 0) is 9.47 Å². The average molecular weight is 348 g/mol. The number of nitrogens with two attached hydrogens (primary N) is 2. The summed E-state index contributed by atoms with van der Waals surface area (Å²) in [4.78, 5) is 4.04. The van der Waals surface area contributed by atoms with Crippen LogP contribution in [0.1, 0.15) is 25.0 Å². The van der Waals surface area contributed by atoms with Gasteiger partial charge in [0.15, 0.2) is 6.29 Å². The van der Waals surface area contributed by atoms with Crippen LogP contribution in [0.2, 0.25) is 5.02 Å². The first-order chi connectivity index (χ1) is 11.6. The molecule has 24 heavy (non-hydrogen) atoms. The molecule has 0 spiro atoms. The van der Waals surface area contributed by atoms with E-state index in [0.29, 0.717) is 35.2 Å². The summed E-state index contributed by atoms with van der Waals surface area (Å²) >= 11 is 6.40. The maximum Gasteiger partial charge on any atom is 0.198 e. The fourth-order valence-corrected chi connectivity index (χ4v) is 2.63. The highest BCUT2D eigenvalue weighted by atomic mass is 35.5. The number of halogens is 1. The highest BCUT2D eigenvalue weighted by Crippen LogP contribution is 2.34. The quantitative estimate of drug-likeness (QED) is 0.749. The molecule has 4 N–H and O–H groups in total. The van der Waals surface area contributed by atoms with Gasteiger partial charge < -0.3 is 20.9 Å². The minimum atomic E-state index is -0.682. The summed E-state index contributed by atoms with van der Waals surface area (Å²) in [5, 5.41) is 0.568. The Labute approximate surface area is 147 Å². The van der Waals surface area contributed by atoms with Crippen molar-refractivity contribution < 1.29 is 9.47 Å². The van der Waals surface area contributed by atoms with Crippen LogP contribution < -0.4 is 11.5 Å². The smallest absolute Gasteiger partial charge is 0.198 e. The van der Waals surface area contributed by atoms with Crippen molar-refractivity contribution in [1.82, 2.24) is 4.98 Å². The lowest BCUT2D eigenvalue weighted by Crippen LogP contribution is -2.26. The summed E-state index contributed by atoms with van der Waals surface area (Å²) in [6.07, 6.45) is 2.56. The van der Waals surface area contributed by atoms with Gasteiger partial charge in [0.25, 0.3) is 0 Å². The first kappa shape index (κ1) is 18.3. The molecule has 0 amide bonds. The van der Waals surface area contributed by atoms with Crippen LogP contribution in [0.5, 0.6) is 0 Å². The van der Waals surface area contributed by atoms with E-state index in [-0.39, 0.29) is 0 Å². The largest absolute Gasteiger partial charge is 0.397 e. The molecule has 0 atom stereocenters. The molecule has 0 radical (unpaired) electrons. The highest BCUT2D eigenvalue weighted by molar-refractivity contribution is 6.32. The van der Waals surface area contributed by atoms with Gasteiger partial charge in [0.2, 0.25) is 0 Å². The zero-order valence-corrected chi connectivity index (χ0v) is 14.6. The summed E-state index contributed by atoms with van der Waals surface area (Å²) in [5.41, 5.74) is 15.7. The summed E-state index contributed by atoms with van der Waals surface area (Å²) in [7, 11) is 0.